The van der Waals surface area contributed by atoms with Crippen molar-refractivity contribution in [1.29, 1.82) is 5.26 Å². The number of rotatable bonds is 3. The van der Waals surface area contributed by atoms with E-state index >= 15 is 0 Å². The maximum atomic E-state index is 13.1. The lowest BCUT2D eigenvalue weighted by Crippen LogP contribution is -2.01. The highest BCUT2D eigenvalue weighted by molar-refractivity contribution is 5.91. The summed E-state index contributed by atoms with van der Waals surface area (Å²) in [5.41, 5.74) is 0.862. The van der Waals surface area contributed by atoms with Crippen molar-refractivity contribution in [3.05, 3.63) is 58.9 Å². The number of halogens is 1. The molecule has 0 saturated carbocycles. The molecule has 2 aromatic rings. The monoisotopic (exact) mass is 271 g/mol. The molecule has 0 bridgehead atoms. The van der Waals surface area contributed by atoms with Crippen LogP contribution >= 0.6 is 0 Å². The minimum absolute atomic E-state index is 0.0251. The van der Waals surface area contributed by atoms with Gasteiger partial charge in [0, 0.05) is 0 Å². The minimum atomic E-state index is -1.28. The quantitative estimate of drug-likeness (QED) is 0.927. The van der Waals surface area contributed by atoms with Crippen LogP contribution in [-0.2, 0) is 0 Å². The Kier molecular flexibility index (Phi) is 3.67. The smallest absolute Gasteiger partial charge is 0.339 e. The van der Waals surface area contributed by atoms with E-state index in [1.807, 2.05) is 6.07 Å². The minimum Gasteiger partial charge on any atom is -0.478 e. The van der Waals surface area contributed by atoms with Gasteiger partial charge in [0.15, 0.2) is 0 Å². The molecule has 1 N–H and O–H groups in total. The van der Waals surface area contributed by atoms with Gasteiger partial charge in [0.25, 0.3) is 0 Å². The molecule has 0 radical (unpaired) electrons. The van der Waals surface area contributed by atoms with Crippen molar-refractivity contribution in [3.63, 3.8) is 0 Å². The molecule has 20 heavy (non-hydrogen) atoms. The molecular formula is C15H10FNO3. The molecule has 0 amide bonds. The fourth-order valence-corrected chi connectivity index (χ4v) is 1.66. The van der Waals surface area contributed by atoms with Gasteiger partial charge in [0.2, 0.25) is 0 Å². The molecular weight excluding hydrogens is 261 g/mol. The average molecular weight is 271 g/mol. The highest BCUT2D eigenvalue weighted by Gasteiger charge is 2.14. The van der Waals surface area contributed by atoms with Gasteiger partial charge in [-0.3, -0.25) is 0 Å². The third-order valence-electron chi connectivity index (χ3n) is 2.71. The Morgan fingerprint density at radius 3 is 2.65 bits per heavy atom. The molecule has 5 heteroatoms. The lowest BCUT2D eigenvalue weighted by Gasteiger charge is -2.11. The highest BCUT2D eigenvalue weighted by Crippen LogP contribution is 2.29. The number of carboxylic acids is 1. The zero-order valence-electron chi connectivity index (χ0n) is 10.6. The summed E-state index contributed by atoms with van der Waals surface area (Å²) in [5, 5.41) is 17.9. The number of nitriles is 1. The van der Waals surface area contributed by atoms with E-state index in [-0.39, 0.29) is 11.3 Å². The number of aryl methyl sites for hydroxylation is 1. The molecule has 0 spiro atoms. The van der Waals surface area contributed by atoms with Crippen LogP contribution in [0.5, 0.6) is 11.5 Å². The van der Waals surface area contributed by atoms with Crippen molar-refractivity contribution in [2.24, 2.45) is 0 Å². The largest absolute Gasteiger partial charge is 0.478 e. The summed E-state index contributed by atoms with van der Waals surface area (Å²) < 4.78 is 18.6. The number of ether oxygens (including phenoxy) is 1. The van der Waals surface area contributed by atoms with Gasteiger partial charge in [-0.15, -0.1) is 0 Å². The van der Waals surface area contributed by atoms with Crippen LogP contribution in [0.3, 0.4) is 0 Å². The fraction of sp³-hybridized carbons (Fsp3) is 0.0667. The highest BCUT2D eigenvalue weighted by atomic mass is 19.1. The van der Waals surface area contributed by atoms with E-state index in [1.165, 1.54) is 12.1 Å². The van der Waals surface area contributed by atoms with Crippen molar-refractivity contribution >= 4 is 5.97 Å². The number of hydrogen-bond donors (Lipinski definition) is 1. The summed E-state index contributed by atoms with van der Waals surface area (Å²) in [6.45, 7) is 1.76. The van der Waals surface area contributed by atoms with Crippen LogP contribution in [0.2, 0.25) is 0 Å². The second-order valence-corrected chi connectivity index (χ2v) is 4.14. The average Bonchev–Trinajstić information content (AvgIpc) is 2.42. The van der Waals surface area contributed by atoms with Crippen LogP contribution in [0.4, 0.5) is 4.39 Å². The summed E-state index contributed by atoms with van der Waals surface area (Å²) in [4.78, 5) is 11.1. The normalized spacial score (nSPS) is 9.85. The van der Waals surface area contributed by atoms with Crippen LogP contribution in [0, 0.1) is 24.1 Å². The van der Waals surface area contributed by atoms with Gasteiger partial charge in [0.1, 0.15) is 22.9 Å². The zero-order chi connectivity index (χ0) is 14.7. The van der Waals surface area contributed by atoms with Crippen LogP contribution in [-0.4, -0.2) is 11.1 Å². The second kappa shape index (κ2) is 5.41. The van der Waals surface area contributed by atoms with E-state index in [0.29, 0.717) is 11.3 Å². The van der Waals surface area contributed by atoms with Gasteiger partial charge < -0.3 is 9.84 Å². The molecule has 0 heterocycles. The standard InChI is InChI=1S/C15H10FNO3/c1-9-2-3-10(8-17)6-14(9)20-13-5-4-11(16)7-12(13)15(18)19/h2-7H,1H3,(H,18,19). The van der Waals surface area contributed by atoms with Gasteiger partial charge in [-0.1, -0.05) is 6.07 Å². The molecule has 0 aliphatic rings. The Labute approximate surface area is 114 Å². The van der Waals surface area contributed by atoms with Crippen molar-refractivity contribution in [1.82, 2.24) is 0 Å². The van der Waals surface area contributed by atoms with Crippen LogP contribution in [0.15, 0.2) is 36.4 Å². The van der Waals surface area contributed by atoms with Crippen molar-refractivity contribution in [2.75, 3.05) is 0 Å². The number of carbonyl (C=O) groups is 1. The van der Waals surface area contributed by atoms with Gasteiger partial charge in [-0.05, 0) is 42.8 Å². The molecule has 100 valence electrons. The van der Waals surface area contributed by atoms with Gasteiger partial charge in [0.05, 0.1) is 11.6 Å². The lowest BCUT2D eigenvalue weighted by molar-refractivity contribution is 0.0693. The maximum absolute atomic E-state index is 13.1. The van der Waals surface area contributed by atoms with Crippen LogP contribution in [0.25, 0.3) is 0 Å². The first kappa shape index (κ1) is 13.6. The Bertz CT molecular complexity index is 720. The third-order valence-corrected chi connectivity index (χ3v) is 2.71. The summed E-state index contributed by atoms with van der Waals surface area (Å²) in [6.07, 6.45) is 0. The summed E-state index contributed by atoms with van der Waals surface area (Å²) in [7, 11) is 0. The first-order valence-corrected chi connectivity index (χ1v) is 5.72. The number of carboxylic acid groups (broad SMARTS) is 1. The van der Waals surface area contributed by atoms with E-state index in [9.17, 15) is 9.18 Å². The molecule has 0 aliphatic heterocycles. The predicted octanol–water partition coefficient (Wildman–Crippen LogP) is 3.50. The Morgan fingerprint density at radius 1 is 1.25 bits per heavy atom. The van der Waals surface area contributed by atoms with Gasteiger partial charge in [-0.2, -0.15) is 5.26 Å². The van der Waals surface area contributed by atoms with Crippen molar-refractivity contribution in [2.45, 2.75) is 6.92 Å². The van der Waals surface area contributed by atoms with Crippen molar-refractivity contribution < 1.29 is 19.0 Å². The number of benzene rings is 2. The molecule has 0 aromatic heterocycles. The van der Waals surface area contributed by atoms with E-state index < -0.39 is 11.8 Å². The third kappa shape index (κ3) is 2.75. The molecule has 2 rings (SSSR count). The lowest BCUT2D eigenvalue weighted by atomic mass is 10.1. The zero-order valence-corrected chi connectivity index (χ0v) is 10.6. The molecule has 0 atom stereocenters. The van der Waals surface area contributed by atoms with E-state index in [0.717, 1.165) is 17.7 Å². The topological polar surface area (TPSA) is 70.3 Å². The molecule has 0 saturated heterocycles. The molecule has 2 aromatic carbocycles. The van der Waals surface area contributed by atoms with Crippen LogP contribution < -0.4 is 4.74 Å². The molecule has 0 aliphatic carbocycles. The summed E-state index contributed by atoms with van der Waals surface area (Å²) in [6, 6.07) is 10.1. The van der Waals surface area contributed by atoms with Crippen LogP contribution in [0.1, 0.15) is 21.5 Å². The van der Waals surface area contributed by atoms with Crippen molar-refractivity contribution in [3.8, 4) is 17.6 Å². The van der Waals surface area contributed by atoms with E-state index in [2.05, 4.69) is 0 Å². The van der Waals surface area contributed by atoms with Gasteiger partial charge >= 0.3 is 5.97 Å². The Hall–Kier alpha value is -2.87. The SMILES string of the molecule is Cc1ccc(C#N)cc1Oc1ccc(F)cc1C(=O)O. The Balaban J connectivity index is 2.45. The number of aromatic carboxylic acids is 1. The summed E-state index contributed by atoms with van der Waals surface area (Å²) in [5.74, 6) is -1.55. The first-order valence-electron chi connectivity index (χ1n) is 5.72. The maximum Gasteiger partial charge on any atom is 0.339 e. The fourth-order valence-electron chi connectivity index (χ4n) is 1.66. The van der Waals surface area contributed by atoms with E-state index in [1.54, 1.807) is 19.1 Å². The molecule has 0 unspecified atom stereocenters. The van der Waals surface area contributed by atoms with Gasteiger partial charge in [-0.25, -0.2) is 9.18 Å². The number of hydrogen-bond acceptors (Lipinski definition) is 3. The second-order valence-electron chi connectivity index (χ2n) is 4.14. The summed E-state index contributed by atoms with van der Waals surface area (Å²) >= 11 is 0. The first-order chi connectivity index (χ1) is 9.51. The molecule has 4 nitrogen and oxygen atoms in total. The molecule has 0 fully saturated rings. The number of nitrogens with zero attached hydrogens (tertiary/aromatic N) is 1. The Morgan fingerprint density at radius 2 is 2.00 bits per heavy atom. The predicted molar refractivity (Wildman–Crippen MR) is 69.3 cm³/mol. The van der Waals surface area contributed by atoms with E-state index in [4.69, 9.17) is 15.1 Å².